The molecular formula is C12H18N2O. The molecule has 3 nitrogen and oxygen atoms in total. The summed E-state index contributed by atoms with van der Waals surface area (Å²) in [4.78, 5) is 15.2. The Kier molecular flexibility index (Phi) is 3.19. The Morgan fingerprint density at radius 3 is 2.87 bits per heavy atom. The molecule has 1 fully saturated rings. The van der Waals surface area contributed by atoms with Crippen LogP contribution in [0.25, 0.3) is 0 Å². The Morgan fingerprint density at radius 1 is 1.47 bits per heavy atom. The van der Waals surface area contributed by atoms with Crippen molar-refractivity contribution < 1.29 is 4.79 Å². The lowest BCUT2D eigenvalue weighted by atomic mass is 9.95. The topological polar surface area (TPSA) is 34.9 Å². The third-order valence-electron chi connectivity index (χ3n) is 3.08. The lowest BCUT2D eigenvalue weighted by Gasteiger charge is -2.22. The Labute approximate surface area is 90.5 Å². The van der Waals surface area contributed by atoms with Gasteiger partial charge < -0.3 is 4.57 Å². The first-order chi connectivity index (χ1) is 7.25. The zero-order chi connectivity index (χ0) is 10.7. The Balaban J connectivity index is 2.02. The summed E-state index contributed by atoms with van der Waals surface area (Å²) in [5, 5.41) is 0. The molecule has 1 aromatic heterocycles. The van der Waals surface area contributed by atoms with Crippen LogP contribution in [-0.2, 0) is 11.2 Å². The smallest absolute Gasteiger partial charge is 0.135 e. The number of rotatable bonds is 3. The van der Waals surface area contributed by atoms with Crippen molar-refractivity contribution in [2.24, 2.45) is 0 Å². The fourth-order valence-corrected chi connectivity index (χ4v) is 2.30. The molecule has 0 N–H and O–H groups in total. The van der Waals surface area contributed by atoms with Crippen LogP contribution in [0.1, 0.15) is 50.8 Å². The standard InChI is InChI=1S/C12H18N2O/c1-10(15)7-11-8-14(9-13-11)12-5-3-2-4-6-12/h8-9,12H,2-7H2,1H3. The minimum Gasteiger partial charge on any atom is -0.334 e. The number of imidazole rings is 1. The second kappa shape index (κ2) is 4.60. The van der Waals surface area contributed by atoms with Crippen molar-refractivity contribution in [2.75, 3.05) is 0 Å². The second-order valence-electron chi connectivity index (χ2n) is 4.48. The van der Waals surface area contributed by atoms with Gasteiger partial charge in [0.1, 0.15) is 5.78 Å². The third kappa shape index (κ3) is 2.67. The largest absolute Gasteiger partial charge is 0.334 e. The molecule has 1 heterocycles. The SMILES string of the molecule is CC(=O)Cc1cn(C2CCCCC2)cn1. The third-order valence-corrected chi connectivity index (χ3v) is 3.08. The van der Waals surface area contributed by atoms with Gasteiger partial charge in [-0.05, 0) is 19.8 Å². The number of hydrogen-bond acceptors (Lipinski definition) is 2. The quantitative estimate of drug-likeness (QED) is 0.761. The maximum absolute atomic E-state index is 10.9. The highest BCUT2D eigenvalue weighted by Crippen LogP contribution is 2.27. The van der Waals surface area contributed by atoms with Gasteiger partial charge in [0.15, 0.2) is 0 Å². The van der Waals surface area contributed by atoms with Gasteiger partial charge in [-0.3, -0.25) is 4.79 Å². The van der Waals surface area contributed by atoms with Gasteiger partial charge in [-0.15, -0.1) is 0 Å². The molecule has 0 aromatic carbocycles. The molecule has 0 saturated heterocycles. The summed E-state index contributed by atoms with van der Waals surface area (Å²) in [6, 6.07) is 0.618. The molecule has 82 valence electrons. The Bertz CT molecular complexity index is 337. The van der Waals surface area contributed by atoms with E-state index in [-0.39, 0.29) is 5.78 Å². The molecule has 0 unspecified atom stereocenters. The van der Waals surface area contributed by atoms with E-state index in [0.717, 1.165) is 5.69 Å². The first-order valence-corrected chi connectivity index (χ1v) is 5.77. The van der Waals surface area contributed by atoms with Gasteiger partial charge in [-0.2, -0.15) is 0 Å². The van der Waals surface area contributed by atoms with Crippen LogP contribution in [0.4, 0.5) is 0 Å². The van der Waals surface area contributed by atoms with Crippen LogP contribution >= 0.6 is 0 Å². The predicted octanol–water partition coefficient (Wildman–Crippen LogP) is 2.52. The van der Waals surface area contributed by atoms with E-state index in [0.29, 0.717) is 12.5 Å². The molecule has 0 radical (unpaired) electrons. The van der Waals surface area contributed by atoms with E-state index in [2.05, 4.69) is 9.55 Å². The summed E-state index contributed by atoms with van der Waals surface area (Å²) in [5.74, 6) is 0.184. The zero-order valence-electron chi connectivity index (χ0n) is 9.28. The average Bonchev–Trinajstić information content (AvgIpc) is 2.67. The number of ketones is 1. The highest BCUT2D eigenvalue weighted by Gasteiger charge is 2.15. The monoisotopic (exact) mass is 206 g/mol. The van der Waals surface area contributed by atoms with Crippen LogP contribution in [0.2, 0.25) is 0 Å². The molecule has 1 aromatic rings. The minimum absolute atomic E-state index is 0.184. The number of Topliss-reactive ketones (excluding diaryl/α,β-unsaturated/α-hetero) is 1. The van der Waals surface area contributed by atoms with Crippen molar-refractivity contribution in [3.8, 4) is 0 Å². The molecule has 0 atom stereocenters. The van der Waals surface area contributed by atoms with Crippen molar-refractivity contribution in [1.82, 2.24) is 9.55 Å². The van der Waals surface area contributed by atoms with E-state index < -0.39 is 0 Å². The van der Waals surface area contributed by atoms with E-state index in [1.807, 2.05) is 12.5 Å². The fraction of sp³-hybridized carbons (Fsp3) is 0.667. The maximum atomic E-state index is 10.9. The molecule has 1 aliphatic carbocycles. The number of hydrogen-bond donors (Lipinski definition) is 0. The van der Waals surface area contributed by atoms with Gasteiger partial charge >= 0.3 is 0 Å². The van der Waals surface area contributed by atoms with Crippen molar-refractivity contribution in [3.05, 3.63) is 18.2 Å². The molecular weight excluding hydrogens is 188 g/mol. The molecule has 15 heavy (non-hydrogen) atoms. The zero-order valence-corrected chi connectivity index (χ0v) is 9.28. The van der Waals surface area contributed by atoms with Crippen LogP contribution in [0, 0.1) is 0 Å². The van der Waals surface area contributed by atoms with E-state index >= 15 is 0 Å². The van der Waals surface area contributed by atoms with Crippen molar-refractivity contribution in [2.45, 2.75) is 51.5 Å². The van der Waals surface area contributed by atoms with Gasteiger partial charge in [0.25, 0.3) is 0 Å². The van der Waals surface area contributed by atoms with E-state index in [9.17, 15) is 4.79 Å². The highest BCUT2D eigenvalue weighted by atomic mass is 16.1. The molecule has 1 saturated carbocycles. The van der Waals surface area contributed by atoms with Gasteiger partial charge in [0, 0.05) is 18.7 Å². The first kappa shape index (κ1) is 10.4. The first-order valence-electron chi connectivity index (χ1n) is 5.77. The molecule has 0 bridgehead atoms. The normalized spacial score (nSPS) is 17.9. The summed E-state index contributed by atoms with van der Waals surface area (Å²) in [6.45, 7) is 1.61. The van der Waals surface area contributed by atoms with Gasteiger partial charge in [-0.1, -0.05) is 19.3 Å². The number of nitrogens with zero attached hydrogens (tertiary/aromatic N) is 2. The Hall–Kier alpha value is -1.12. The van der Waals surface area contributed by atoms with E-state index in [1.54, 1.807) is 6.92 Å². The van der Waals surface area contributed by atoms with Gasteiger partial charge in [0.2, 0.25) is 0 Å². The maximum Gasteiger partial charge on any atom is 0.135 e. The predicted molar refractivity (Wildman–Crippen MR) is 58.7 cm³/mol. The molecule has 1 aliphatic rings. The van der Waals surface area contributed by atoms with E-state index in [1.165, 1.54) is 32.1 Å². The summed E-state index contributed by atoms with van der Waals surface area (Å²) in [6.07, 6.45) is 10.9. The summed E-state index contributed by atoms with van der Waals surface area (Å²) < 4.78 is 2.19. The minimum atomic E-state index is 0.184. The Morgan fingerprint density at radius 2 is 2.20 bits per heavy atom. The van der Waals surface area contributed by atoms with Crippen molar-refractivity contribution in [1.29, 1.82) is 0 Å². The molecule has 0 aliphatic heterocycles. The second-order valence-corrected chi connectivity index (χ2v) is 4.48. The molecule has 3 heteroatoms. The van der Waals surface area contributed by atoms with Crippen LogP contribution in [0.3, 0.4) is 0 Å². The molecule has 0 spiro atoms. The molecule has 2 rings (SSSR count). The van der Waals surface area contributed by atoms with Crippen molar-refractivity contribution in [3.63, 3.8) is 0 Å². The summed E-state index contributed by atoms with van der Waals surface area (Å²) in [5.41, 5.74) is 0.910. The van der Waals surface area contributed by atoms with Crippen LogP contribution in [0.5, 0.6) is 0 Å². The lowest BCUT2D eigenvalue weighted by molar-refractivity contribution is -0.116. The van der Waals surface area contributed by atoms with Crippen LogP contribution in [0.15, 0.2) is 12.5 Å². The van der Waals surface area contributed by atoms with Gasteiger partial charge in [0.05, 0.1) is 12.0 Å². The average molecular weight is 206 g/mol. The van der Waals surface area contributed by atoms with E-state index in [4.69, 9.17) is 0 Å². The highest BCUT2D eigenvalue weighted by molar-refractivity contribution is 5.77. The summed E-state index contributed by atoms with van der Waals surface area (Å²) >= 11 is 0. The van der Waals surface area contributed by atoms with Crippen LogP contribution in [-0.4, -0.2) is 15.3 Å². The van der Waals surface area contributed by atoms with Crippen molar-refractivity contribution >= 4 is 5.78 Å². The van der Waals surface area contributed by atoms with Gasteiger partial charge in [-0.25, -0.2) is 4.98 Å². The number of aromatic nitrogens is 2. The lowest BCUT2D eigenvalue weighted by Crippen LogP contribution is -2.10. The number of carbonyl (C=O) groups is 1. The molecule has 0 amide bonds. The fourth-order valence-electron chi connectivity index (χ4n) is 2.30. The van der Waals surface area contributed by atoms with Crippen LogP contribution < -0.4 is 0 Å². The number of carbonyl (C=O) groups excluding carboxylic acids is 1. The summed E-state index contributed by atoms with van der Waals surface area (Å²) in [7, 11) is 0.